The number of hydrogen-bond acceptors (Lipinski definition) is 5. The molecule has 0 saturated carbocycles. The molecule has 0 atom stereocenters. The van der Waals surface area contributed by atoms with Gasteiger partial charge in [0.25, 0.3) is 10.2 Å². The van der Waals surface area contributed by atoms with Gasteiger partial charge in [0.2, 0.25) is 0 Å². The second kappa shape index (κ2) is 7.87. The molecule has 2 fully saturated rings. The van der Waals surface area contributed by atoms with Crippen LogP contribution in [-0.2, 0) is 16.4 Å². The molecule has 0 N–H and O–H groups in total. The quantitative estimate of drug-likeness (QED) is 0.739. The van der Waals surface area contributed by atoms with Crippen LogP contribution in [0.15, 0.2) is 18.2 Å². The smallest absolute Gasteiger partial charge is 0.368 e. The molecule has 1 aromatic carbocycles. The Morgan fingerprint density at radius 1 is 0.964 bits per heavy atom. The molecule has 28 heavy (non-hydrogen) atoms. The summed E-state index contributed by atoms with van der Waals surface area (Å²) in [5.74, 6) is 0. The van der Waals surface area contributed by atoms with Crippen molar-refractivity contribution in [1.29, 1.82) is 5.26 Å². The van der Waals surface area contributed by atoms with Crippen LogP contribution >= 0.6 is 0 Å². The number of piperazine rings is 2. The highest BCUT2D eigenvalue weighted by molar-refractivity contribution is 7.86. The molecule has 7 nitrogen and oxygen atoms in total. The SMILES string of the molecule is CN1CCN(S(=O)(=O)N2CCN(c3ccc(C(F)(F)F)cc3C#N)CC2)CC1. The molecule has 11 heteroatoms. The number of alkyl halides is 3. The van der Waals surface area contributed by atoms with Crippen molar-refractivity contribution in [2.24, 2.45) is 0 Å². The summed E-state index contributed by atoms with van der Waals surface area (Å²) in [6, 6.07) is 4.88. The van der Waals surface area contributed by atoms with Gasteiger partial charge in [-0.2, -0.15) is 35.5 Å². The lowest BCUT2D eigenvalue weighted by Gasteiger charge is -2.39. The molecule has 2 aliphatic heterocycles. The van der Waals surface area contributed by atoms with Crippen molar-refractivity contribution < 1.29 is 21.6 Å². The van der Waals surface area contributed by atoms with Crippen LogP contribution in [0.25, 0.3) is 0 Å². The van der Waals surface area contributed by atoms with E-state index in [1.54, 1.807) is 4.90 Å². The molecule has 0 aromatic heterocycles. The van der Waals surface area contributed by atoms with Crippen LogP contribution in [0.5, 0.6) is 0 Å². The fourth-order valence-electron chi connectivity index (χ4n) is 3.42. The molecule has 2 saturated heterocycles. The van der Waals surface area contributed by atoms with Crippen LogP contribution in [0.3, 0.4) is 0 Å². The van der Waals surface area contributed by atoms with Crippen molar-refractivity contribution in [2.75, 3.05) is 64.3 Å². The number of rotatable bonds is 3. The van der Waals surface area contributed by atoms with Crippen molar-refractivity contribution in [3.05, 3.63) is 29.3 Å². The number of benzene rings is 1. The average molecular weight is 417 g/mol. The van der Waals surface area contributed by atoms with Crippen molar-refractivity contribution >= 4 is 15.9 Å². The van der Waals surface area contributed by atoms with E-state index in [1.807, 2.05) is 13.1 Å². The van der Waals surface area contributed by atoms with Gasteiger partial charge in [-0.1, -0.05) is 0 Å². The number of nitrogens with zero attached hydrogens (tertiary/aromatic N) is 5. The molecule has 2 aliphatic rings. The van der Waals surface area contributed by atoms with Gasteiger partial charge < -0.3 is 9.80 Å². The zero-order chi connectivity index (χ0) is 20.5. The minimum Gasteiger partial charge on any atom is -0.368 e. The Hall–Kier alpha value is -1.87. The molecule has 0 spiro atoms. The zero-order valence-corrected chi connectivity index (χ0v) is 16.3. The lowest BCUT2D eigenvalue weighted by molar-refractivity contribution is -0.137. The highest BCUT2D eigenvalue weighted by Gasteiger charge is 2.35. The number of likely N-dealkylation sites (N-methyl/N-ethyl adjacent to an activating group) is 1. The van der Waals surface area contributed by atoms with Crippen molar-refractivity contribution in [2.45, 2.75) is 6.18 Å². The van der Waals surface area contributed by atoms with E-state index < -0.39 is 21.9 Å². The lowest BCUT2D eigenvalue weighted by Crippen LogP contribution is -2.56. The number of hydrogen-bond donors (Lipinski definition) is 0. The first-order chi connectivity index (χ1) is 13.1. The van der Waals surface area contributed by atoms with Crippen LogP contribution in [0, 0.1) is 11.3 Å². The van der Waals surface area contributed by atoms with Gasteiger partial charge in [-0.15, -0.1) is 0 Å². The number of anilines is 1. The first kappa shape index (κ1) is 20.9. The van der Waals surface area contributed by atoms with Gasteiger partial charge in [-0.3, -0.25) is 0 Å². The average Bonchev–Trinajstić information content (AvgIpc) is 2.67. The summed E-state index contributed by atoms with van der Waals surface area (Å²) < 4.78 is 67.1. The van der Waals surface area contributed by atoms with Crippen LogP contribution in [-0.4, -0.2) is 81.3 Å². The topological polar surface area (TPSA) is 70.9 Å². The molecule has 0 aliphatic carbocycles. The predicted octanol–water partition coefficient (Wildman–Crippen LogP) is 1.19. The molecule has 0 bridgehead atoms. The fourth-order valence-corrected chi connectivity index (χ4v) is 5.00. The van der Waals surface area contributed by atoms with E-state index in [0.717, 1.165) is 12.1 Å². The maximum absolute atomic E-state index is 12.9. The third kappa shape index (κ3) is 4.25. The summed E-state index contributed by atoms with van der Waals surface area (Å²) in [5.41, 5.74) is -0.540. The van der Waals surface area contributed by atoms with E-state index in [0.29, 0.717) is 45.0 Å². The summed E-state index contributed by atoms with van der Waals surface area (Å²) >= 11 is 0. The van der Waals surface area contributed by atoms with Gasteiger partial charge in [0.15, 0.2) is 0 Å². The van der Waals surface area contributed by atoms with Gasteiger partial charge in [0.05, 0.1) is 16.8 Å². The van der Waals surface area contributed by atoms with Crippen LogP contribution < -0.4 is 4.90 Å². The third-order valence-corrected chi connectivity index (χ3v) is 7.17. The molecule has 0 unspecified atom stereocenters. The Morgan fingerprint density at radius 2 is 1.50 bits per heavy atom. The molecular weight excluding hydrogens is 395 g/mol. The summed E-state index contributed by atoms with van der Waals surface area (Å²) in [6.07, 6.45) is -4.51. The third-order valence-electron chi connectivity index (χ3n) is 5.14. The van der Waals surface area contributed by atoms with Crippen LogP contribution in [0.1, 0.15) is 11.1 Å². The summed E-state index contributed by atoms with van der Waals surface area (Å²) in [4.78, 5) is 3.83. The molecular formula is C17H22F3N5O2S. The number of halogens is 3. The van der Waals surface area contributed by atoms with Crippen molar-refractivity contribution in [1.82, 2.24) is 13.5 Å². The van der Waals surface area contributed by atoms with Gasteiger partial charge in [-0.05, 0) is 25.2 Å². The van der Waals surface area contributed by atoms with Crippen molar-refractivity contribution in [3.8, 4) is 6.07 Å². The highest BCUT2D eigenvalue weighted by Crippen LogP contribution is 2.33. The van der Waals surface area contributed by atoms with Crippen LogP contribution in [0.2, 0.25) is 0 Å². The Balaban J connectivity index is 1.69. The van der Waals surface area contributed by atoms with E-state index in [2.05, 4.69) is 4.90 Å². The molecule has 0 radical (unpaired) electrons. The summed E-state index contributed by atoms with van der Waals surface area (Å²) in [7, 11) is -1.61. The first-order valence-corrected chi connectivity index (χ1v) is 10.3. The van der Waals surface area contributed by atoms with Gasteiger partial charge in [-0.25, -0.2) is 0 Å². The van der Waals surface area contributed by atoms with Gasteiger partial charge in [0.1, 0.15) is 6.07 Å². The monoisotopic (exact) mass is 417 g/mol. The Labute approximate surface area is 162 Å². The van der Waals surface area contributed by atoms with E-state index in [9.17, 15) is 26.9 Å². The largest absolute Gasteiger partial charge is 0.416 e. The van der Waals surface area contributed by atoms with Crippen LogP contribution in [0.4, 0.5) is 18.9 Å². The first-order valence-electron chi connectivity index (χ1n) is 8.93. The molecule has 0 amide bonds. The van der Waals surface area contributed by atoms with E-state index >= 15 is 0 Å². The Morgan fingerprint density at radius 3 is 2.00 bits per heavy atom. The highest BCUT2D eigenvalue weighted by atomic mass is 32.2. The Bertz CT molecular complexity index is 853. The summed E-state index contributed by atoms with van der Waals surface area (Å²) in [6.45, 7) is 3.31. The minimum absolute atomic E-state index is 0.0646. The second-order valence-electron chi connectivity index (χ2n) is 6.94. The zero-order valence-electron chi connectivity index (χ0n) is 15.5. The van der Waals surface area contributed by atoms with Gasteiger partial charge in [0, 0.05) is 52.4 Å². The molecule has 2 heterocycles. The van der Waals surface area contributed by atoms with Gasteiger partial charge >= 0.3 is 6.18 Å². The molecule has 1 aromatic rings. The number of nitriles is 1. The second-order valence-corrected chi connectivity index (χ2v) is 8.87. The normalized spacial score (nSPS) is 20.9. The molecule has 3 rings (SSSR count). The predicted molar refractivity (Wildman–Crippen MR) is 97.9 cm³/mol. The maximum atomic E-state index is 12.9. The minimum atomic E-state index is -4.51. The Kier molecular flexibility index (Phi) is 5.86. The van der Waals surface area contributed by atoms with E-state index in [-0.39, 0.29) is 18.7 Å². The van der Waals surface area contributed by atoms with Crippen molar-refractivity contribution in [3.63, 3.8) is 0 Å². The summed E-state index contributed by atoms with van der Waals surface area (Å²) in [5, 5.41) is 9.25. The van der Waals surface area contributed by atoms with E-state index in [4.69, 9.17) is 0 Å². The van der Waals surface area contributed by atoms with E-state index in [1.165, 1.54) is 14.7 Å². The lowest BCUT2D eigenvalue weighted by atomic mass is 10.1. The maximum Gasteiger partial charge on any atom is 0.416 e. The fraction of sp³-hybridized carbons (Fsp3) is 0.588. The standard InChI is InChI=1S/C17H22F3N5O2S/c1-22-4-8-24(9-5-22)28(26,27)25-10-6-23(7-11-25)16-3-2-15(17(18,19)20)12-14(16)13-21/h2-3,12H,4-11H2,1H3. The molecule has 154 valence electrons.